The number of H-pyrrole nitrogens is 1. The van der Waals surface area contributed by atoms with Gasteiger partial charge in [0.2, 0.25) is 53.2 Å². The Morgan fingerprint density at radius 3 is 1.85 bits per heavy atom. The summed E-state index contributed by atoms with van der Waals surface area (Å²) >= 11 is 0. The van der Waals surface area contributed by atoms with Gasteiger partial charge in [-0.1, -0.05) is 82.3 Å². The minimum absolute atomic E-state index is 0.0227. The van der Waals surface area contributed by atoms with Crippen molar-refractivity contribution >= 4 is 91.6 Å². The molecule has 0 bridgehead atoms. The number of carbonyl (C=O) groups excluding carboxylic acids is 9. The Hall–Kier alpha value is -8.00. The van der Waals surface area contributed by atoms with Gasteiger partial charge in [-0.05, 0) is 81.0 Å². The number of carbonyl (C=O) groups is 10. The van der Waals surface area contributed by atoms with Gasteiger partial charge in [0.15, 0.2) is 6.04 Å². The number of aliphatic hydroxyl groups is 2. The summed E-state index contributed by atoms with van der Waals surface area (Å²) in [6, 6.07) is 8.65. The predicted molar refractivity (Wildman–Crippen MR) is 370 cm³/mol. The molecule has 2 unspecified atom stereocenters. The molecule has 2 aliphatic heterocycles. The molecule has 2 aliphatic rings. The summed E-state index contributed by atoms with van der Waals surface area (Å²) in [6.45, 7) is 5.55. The summed E-state index contributed by atoms with van der Waals surface area (Å²) in [4.78, 5) is 146. The molecule has 0 saturated carbocycles. The second-order valence-electron chi connectivity index (χ2n) is 24.7. The third kappa shape index (κ3) is 26.3. The number of unbranched alkanes of at least 4 members (excludes halogenated alkanes) is 1. The molecular formula is C64H96N18O14S2. The van der Waals surface area contributed by atoms with E-state index in [-0.39, 0.29) is 82.5 Å². The molecule has 26 N–H and O–H groups in total. The lowest BCUT2D eigenvalue weighted by Crippen LogP contribution is -2.67. The number of carboxylic acid groups (broad SMARTS) is 1. The highest BCUT2D eigenvalue weighted by atomic mass is 33.1. The summed E-state index contributed by atoms with van der Waals surface area (Å²) in [7, 11) is 1.73. The second-order valence-corrected chi connectivity index (χ2v) is 27.2. The van der Waals surface area contributed by atoms with E-state index in [9.17, 15) is 58.8 Å². The maximum absolute atomic E-state index is 15.2. The molecule has 3 aromatic carbocycles. The highest BCUT2D eigenvalue weighted by molar-refractivity contribution is 8.76. The Morgan fingerprint density at radius 2 is 1.21 bits per heavy atom. The van der Waals surface area contributed by atoms with E-state index in [0.717, 1.165) is 28.5 Å². The fraction of sp³-hybridized carbons (Fsp3) is 0.531. The first kappa shape index (κ1) is 79.0. The zero-order chi connectivity index (χ0) is 71.4. The average molecular weight is 1410 g/mol. The van der Waals surface area contributed by atoms with Gasteiger partial charge < -0.3 is 117 Å². The number of hydrogen-bond acceptors (Lipinski definition) is 23. The molecule has 538 valence electrons. The Morgan fingerprint density at radius 1 is 0.633 bits per heavy atom. The van der Waals surface area contributed by atoms with E-state index in [4.69, 9.17) is 22.9 Å². The fourth-order valence-corrected chi connectivity index (χ4v) is 13.1. The van der Waals surface area contributed by atoms with Crippen LogP contribution in [0.5, 0.6) is 5.75 Å². The van der Waals surface area contributed by atoms with Crippen molar-refractivity contribution in [3.05, 3.63) is 102 Å². The minimum Gasteiger partial charge on any atom is -0.508 e. The molecule has 32 nitrogen and oxygen atoms in total. The zero-order valence-electron chi connectivity index (χ0n) is 55.0. The van der Waals surface area contributed by atoms with Gasteiger partial charge in [0.25, 0.3) is 0 Å². The van der Waals surface area contributed by atoms with Gasteiger partial charge in [-0.15, -0.1) is 0 Å². The van der Waals surface area contributed by atoms with Crippen molar-refractivity contribution in [3.8, 4) is 5.75 Å². The van der Waals surface area contributed by atoms with Crippen LogP contribution in [0.25, 0.3) is 10.9 Å². The summed E-state index contributed by atoms with van der Waals surface area (Å²) < 4.78 is 0. The molecule has 0 spiro atoms. The number of phenols is 1. The van der Waals surface area contributed by atoms with Crippen LogP contribution >= 0.6 is 21.6 Å². The molecule has 2 saturated heterocycles. The Balaban J connectivity index is 1.33. The van der Waals surface area contributed by atoms with Crippen LogP contribution in [0, 0.1) is 0 Å². The number of benzene rings is 3. The number of aliphatic carboxylic acids is 1. The fourth-order valence-electron chi connectivity index (χ4n) is 10.7. The van der Waals surface area contributed by atoms with Crippen molar-refractivity contribution in [3.63, 3.8) is 0 Å². The topological polar surface area (TPSA) is 528 Å². The van der Waals surface area contributed by atoms with Gasteiger partial charge in [0.1, 0.15) is 53.7 Å². The first-order valence-electron chi connectivity index (χ1n) is 32.6. The van der Waals surface area contributed by atoms with Crippen LogP contribution in [0.1, 0.15) is 69.1 Å². The third-order valence-electron chi connectivity index (χ3n) is 16.1. The number of nitrogens with one attached hydrogen (secondary N) is 14. The zero-order valence-corrected chi connectivity index (χ0v) is 56.6. The van der Waals surface area contributed by atoms with E-state index < -0.39 is 137 Å². The first-order valence-corrected chi connectivity index (χ1v) is 35.0. The molecule has 3 heterocycles. The van der Waals surface area contributed by atoms with Crippen molar-refractivity contribution in [2.24, 2.45) is 22.9 Å². The lowest BCUT2D eigenvalue weighted by molar-refractivity contribution is -0.145. The van der Waals surface area contributed by atoms with Crippen LogP contribution in [-0.2, 0) is 67.2 Å². The minimum atomic E-state index is -1.88. The number of aliphatic hydroxyl groups excluding tert-OH is 2. The first-order chi connectivity index (χ1) is 46.7. The number of hydrogen-bond donors (Lipinski definition) is 22. The van der Waals surface area contributed by atoms with E-state index in [1.165, 1.54) is 31.2 Å². The van der Waals surface area contributed by atoms with Crippen molar-refractivity contribution in [2.45, 2.75) is 144 Å². The van der Waals surface area contributed by atoms with Crippen LogP contribution in [-0.4, -0.2) is 227 Å². The normalized spacial score (nSPS) is 22.6. The number of rotatable bonds is 23. The van der Waals surface area contributed by atoms with E-state index in [1.54, 1.807) is 60.8 Å². The van der Waals surface area contributed by atoms with Gasteiger partial charge >= 0.3 is 5.97 Å². The number of amides is 9. The Bertz CT molecular complexity index is 3280. The Kier molecular flexibility index (Phi) is 31.9. The van der Waals surface area contributed by atoms with Gasteiger partial charge in [0, 0.05) is 113 Å². The molecule has 9 amide bonds. The summed E-state index contributed by atoms with van der Waals surface area (Å²) in [5.74, 6) is -10.5. The van der Waals surface area contributed by atoms with Crippen LogP contribution in [0.3, 0.4) is 0 Å². The van der Waals surface area contributed by atoms with Gasteiger partial charge in [-0.25, -0.2) is 4.79 Å². The number of phenolic OH excluding ortho intramolecular Hbond substituents is 1. The SMILES string of the molecule is CC(O)[C@H](NC(=O)[C@@H]1CSSC[C@H](NC(=O)[C@@H](Cc2ccccc2)NC(=O)CCCC(=O)NC2(N)CNCCNCC(N)(N)CNCCNC2)C(=O)N[C@@H](Cc2ccc(O)cc2)C(=O)N[C@H](Cc2c[nH]c3ccccc23)C(=O)N[C@@H](CCCCN)C(=O)N[C@@H](C(C)O)C(=O)N1)C(=O)O. The van der Waals surface area contributed by atoms with Crippen molar-refractivity contribution in [2.75, 3.05) is 70.4 Å². The average Bonchev–Trinajstić information content (AvgIpc) is 1.62. The molecule has 2 fully saturated rings. The lowest BCUT2D eigenvalue weighted by atomic mass is 10.0. The highest BCUT2D eigenvalue weighted by Crippen LogP contribution is 2.25. The van der Waals surface area contributed by atoms with Crippen molar-refractivity contribution in [1.82, 2.24) is 74.1 Å². The Labute approximate surface area is 575 Å². The molecule has 34 heteroatoms. The summed E-state index contributed by atoms with van der Waals surface area (Å²) in [5.41, 5.74) is 25.0. The smallest absolute Gasteiger partial charge is 0.328 e. The quantitative estimate of drug-likeness (QED) is 0.0188. The third-order valence-corrected chi connectivity index (χ3v) is 18.5. The summed E-state index contributed by atoms with van der Waals surface area (Å²) in [6.07, 6.45) is -1.98. The summed E-state index contributed by atoms with van der Waals surface area (Å²) in [5, 5.41) is 78.9. The monoisotopic (exact) mass is 1400 g/mol. The van der Waals surface area contributed by atoms with Crippen LogP contribution in [0.4, 0.5) is 0 Å². The van der Waals surface area contributed by atoms with Crippen LogP contribution < -0.4 is 92.1 Å². The number of carboxylic acids is 1. The molecule has 0 radical (unpaired) electrons. The van der Waals surface area contributed by atoms with E-state index in [1.807, 2.05) is 0 Å². The molecule has 0 aliphatic carbocycles. The number of aromatic amines is 1. The van der Waals surface area contributed by atoms with E-state index in [2.05, 4.69) is 74.1 Å². The maximum atomic E-state index is 15.2. The lowest BCUT2D eigenvalue weighted by Gasteiger charge is -2.32. The molecule has 98 heavy (non-hydrogen) atoms. The molecule has 4 aromatic rings. The number of aromatic nitrogens is 1. The van der Waals surface area contributed by atoms with Gasteiger partial charge in [-0.3, -0.25) is 43.2 Å². The largest absolute Gasteiger partial charge is 0.508 e. The van der Waals surface area contributed by atoms with Gasteiger partial charge in [0.05, 0.1) is 17.9 Å². The predicted octanol–water partition coefficient (Wildman–Crippen LogP) is -4.92. The maximum Gasteiger partial charge on any atom is 0.328 e. The van der Waals surface area contributed by atoms with Crippen LogP contribution in [0.15, 0.2) is 85.1 Å². The number of fused-ring (bicyclic) bond motifs is 1. The highest BCUT2D eigenvalue weighted by Gasteiger charge is 2.38. The van der Waals surface area contributed by atoms with E-state index >= 15 is 9.59 Å². The molecular weight excluding hydrogens is 1310 g/mol. The second kappa shape index (κ2) is 39.6. The van der Waals surface area contributed by atoms with E-state index in [0.29, 0.717) is 73.3 Å². The van der Waals surface area contributed by atoms with Crippen molar-refractivity contribution in [1.29, 1.82) is 0 Å². The standard InChI is InChI=1S/C64H96N18O14S2/c1-37(83)53-61(94)79-50(60(93)81-54(38(2)84)62(95)96)32-98-97-31-49(78-56(89)46(27-39-11-4-3-5-12-39)74-51(86)16-10-17-52(87)82-64(68)35-71-25-23-69-33-63(66,67)34-70-24-26-72-36-64)59(92)76-47(28-40-18-20-42(85)21-19-40)57(90)77-48(29-41-30-73-44-14-7-6-13-43(41)44)58(91)75-45(55(88)80-53)15-8-9-22-65/h3-7,11-14,18-21,30,37-38,45-50,53-54,69-73,83-85H,8-10,15-17,22-29,31-36,65-68H2,1-2H3,(H,74,86)(H,75,91)(H,76,92)(H,77,90)(H,78,89)(H,79,94)(H,80,88)(H,81,93)(H,82,87)(H,95,96)/t37?,38?,45-,46+,47-,48+,49-,50-,53-,54-/m0/s1. The van der Waals surface area contributed by atoms with Gasteiger partial charge in [-0.2, -0.15) is 0 Å². The van der Waals surface area contributed by atoms with Crippen molar-refractivity contribution < 1.29 is 68.4 Å². The molecule has 1 aromatic heterocycles. The number of aromatic hydroxyl groups is 1. The number of para-hydroxylation sites is 1. The molecule has 10 atom stereocenters. The molecule has 6 rings (SSSR count). The van der Waals surface area contributed by atoms with Crippen LogP contribution in [0.2, 0.25) is 0 Å². The number of nitrogens with two attached hydrogens (primary N) is 4.